The molecule has 5 heteroatoms. The number of aromatic nitrogens is 2. The molecule has 1 heterocycles. The molecule has 0 unspecified atom stereocenters. The van der Waals surface area contributed by atoms with E-state index < -0.39 is 0 Å². The second kappa shape index (κ2) is 6.19. The molecule has 2 aromatic rings. The van der Waals surface area contributed by atoms with Gasteiger partial charge >= 0.3 is 0 Å². The molecule has 2 rings (SSSR count). The Labute approximate surface area is 118 Å². The van der Waals surface area contributed by atoms with Gasteiger partial charge in [-0.05, 0) is 26.1 Å². The van der Waals surface area contributed by atoms with Crippen LogP contribution >= 0.6 is 11.6 Å². The maximum Gasteiger partial charge on any atom is 0.0980 e. The van der Waals surface area contributed by atoms with E-state index in [1.54, 1.807) is 0 Å². The fourth-order valence-electron chi connectivity index (χ4n) is 2.08. The fourth-order valence-corrected chi connectivity index (χ4v) is 2.29. The highest BCUT2D eigenvalue weighted by molar-refractivity contribution is 6.33. The van der Waals surface area contributed by atoms with Gasteiger partial charge in [0.2, 0.25) is 0 Å². The average Bonchev–Trinajstić information content (AvgIpc) is 2.80. The Morgan fingerprint density at radius 3 is 2.95 bits per heavy atom. The van der Waals surface area contributed by atoms with E-state index in [9.17, 15) is 0 Å². The highest BCUT2D eigenvalue weighted by Crippen LogP contribution is 2.30. The quantitative estimate of drug-likeness (QED) is 0.883. The van der Waals surface area contributed by atoms with Gasteiger partial charge in [0.15, 0.2) is 0 Å². The lowest BCUT2D eigenvalue weighted by atomic mass is 10.1. The number of hydrogen-bond acceptors (Lipinski definition) is 3. The molecule has 0 aliphatic heterocycles. The summed E-state index contributed by atoms with van der Waals surface area (Å²) in [7, 11) is 2.04. The number of benzene rings is 1. The summed E-state index contributed by atoms with van der Waals surface area (Å²) >= 11 is 6.27. The first kappa shape index (κ1) is 14.1. The normalized spacial score (nSPS) is 11.2. The largest absolute Gasteiger partial charge is 0.329 e. The van der Waals surface area contributed by atoms with Crippen molar-refractivity contribution < 1.29 is 0 Å². The van der Waals surface area contributed by atoms with E-state index in [4.69, 9.17) is 17.3 Å². The van der Waals surface area contributed by atoms with E-state index in [2.05, 4.69) is 21.2 Å². The Hall–Kier alpha value is -1.36. The number of rotatable bonds is 5. The standard InChI is InChI=1S/C14H19ClN4/c1-10-3-4-13(15)12(7-10)14-11(8-17-18-14)9-19(2)6-5-16/h3-4,7-8H,5-6,9,16H2,1-2H3,(H,17,18). The van der Waals surface area contributed by atoms with Crippen LogP contribution < -0.4 is 5.73 Å². The number of hydrogen-bond donors (Lipinski definition) is 2. The first-order valence-corrected chi connectivity index (χ1v) is 6.67. The van der Waals surface area contributed by atoms with E-state index >= 15 is 0 Å². The van der Waals surface area contributed by atoms with Crippen molar-refractivity contribution in [2.75, 3.05) is 20.1 Å². The Kier molecular flexibility index (Phi) is 4.58. The van der Waals surface area contributed by atoms with Gasteiger partial charge < -0.3 is 10.6 Å². The second-order valence-electron chi connectivity index (χ2n) is 4.77. The molecule has 0 saturated carbocycles. The zero-order valence-corrected chi connectivity index (χ0v) is 12.0. The van der Waals surface area contributed by atoms with Crippen LogP contribution in [0.4, 0.5) is 0 Å². The predicted octanol–water partition coefficient (Wildman–Crippen LogP) is 2.43. The first-order valence-electron chi connectivity index (χ1n) is 6.29. The lowest BCUT2D eigenvalue weighted by Crippen LogP contribution is -2.25. The number of aromatic amines is 1. The Bertz CT molecular complexity index is 550. The summed E-state index contributed by atoms with van der Waals surface area (Å²) in [6, 6.07) is 5.97. The van der Waals surface area contributed by atoms with Gasteiger partial charge in [0, 0.05) is 37.0 Å². The van der Waals surface area contributed by atoms with Crippen LogP contribution in [0.2, 0.25) is 5.02 Å². The summed E-state index contributed by atoms with van der Waals surface area (Å²) < 4.78 is 0. The van der Waals surface area contributed by atoms with Crippen molar-refractivity contribution >= 4 is 11.6 Å². The van der Waals surface area contributed by atoms with Gasteiger partial charge in [0.25, 0.3) is 0 Å². The van der Waals surface area contributed by atoms with Crippen LogP contribution in [-0.2, 0) is 6.54 Å². The van der Waals surface area contributed by atoms with E-state index in [0.717, 1.165) is 34.9 Å². The molecular formula is C14H19ClN4. The molecule has 0 atom stereocenters. The third-order valence-electron chi connectivity index (χ3n) is 3.05. The van der Waals surface area contributed by atoms with Crippen LogP contribution in [0.3, 0.4) is 0 Å². The smallest absolute Gasteiger partial charge is 0.0980 e. The minimum atomic E-state index is 0.648. The number of nitrogens with one attached hydrogen (secondary N) is 1. The molecular weight excluding hydrogens is 260 g/mol. The summed E-state index contributed by atoms with van der Waals surface area (Å²) in [5, 5.41) is 7.98. The topological polar surface area (TPSA) is 57.9 Å². The number of nitrogens with zero attached hydrogens (tertiary/aromatic N) is 2. The maximum absolute atomic E-state index is 6.27. The van der Waals surface area contributed by atoms with Crippen molar-refractivity contribution in [1.82, 2.24) is 15.1 Å². The molecule has 19 heavy (non-hydrogen) atoms. The summed E-state index contributed by atoms with van der Waals surface area (Å²) in [5.74, 6) is 0. The minimum absolute atomic E-state index is 0.648. The molecule has 0 aliphatic carbocycles. The highest BCUT2D eigenvalue weighted by Gasteiger charge is 2.13. The van der Waals surface area contributed by atoms with Crippen LogP contribution in [0.15, 0.2) is 24.4 Å². The molecule has 0 aliphatic rings. The molecule has 0 radical (unpaired) electrons. The van der Waals surface area contributed by atoms with Gasteiger partial charge in [0.05, 0.1) is 10.7 Å². The van der Waals surface area contributed by atoms with Gasteiger partial charge in [-0.2, -0.15) is 5.10 Å². The fraction of sp³-hybridized carbons (Fsp3) is 0.357. The molecule has 0 spiro atoms. The molecule has 0 amide bonds. The van der Waals surface area contributed by atoms with Crippen molar-refractivity contribution in [1.29, 1.82) is 0 Å². The number of halogens is 1. The summed E-state index contributed by atoms with van der Waals surface area (Å²) in [4.78, 5) is 2.16. The second-order valence-corrected chi connectivity index (χ2v) is 5.18. The SMILES string of the molecule is Cc1ccc(Cl)c(-c2n[nH]cc2CN(C)CCN)c1. The van der Waals surface area contributed by atoms with Gasteiger partial charge in [-0.25, -0.2) is 0 Å². The Balaban J connectivity index is 2.31. The number of likely N-dealkylation sites (N-methyl/N-ethyl adjacent to an activating group) is 1. The van der Waals surface area contributed by atoms with Crippen LogP contribution in [0.1, 0.15) is 11.1 Å². The zero-order valence-electron chi connectivity index (χ0n) is 11.3. The average molecular weight is 279 g/mol. The van der Waals surface area contributed by atoms with Crippen LogP contribution in [0.25, 0.3) is 11.3 Å². The van der Waals surface area contributed by atoms with Crippen LogP contribution in [0, 0.1) is 6.92 Å². The molecule has 102 valence electrons. The van der Waals surface area contributed by atoms with Crippen molar-refractivity contribution in [3.63, 3.8) is 0 Å². The van der Waals surface area contributed by atoms with Crippen molar-refractivity contribution in [3.05, 3.63) is 40.5 Å². The van der Waals surface area contributed by atoms with Gasteiger partial charge in [-0.15, -0.1) is 0 Å². The summed E-state index contributed by atoms with van der Waals surface area (Å²) in [6.45, 7) is 4.35. The molecule has 1 aromatic heterocycles. The minimum Gasteiger partial charge on any atom is -0.329 e. The van der Waals surface area contributed by atoms with Crippen molar-refractivity contribution in [2.24, 2.45) is 5.73 Å². The summed E-state index contributed by atoms with van der Waals surface area (Å²) in [6.07, 6.45) is 1.92. The first-order chi connectivity index (χ1) is 9.11. The predicted molar refractivity (Wildman–Crippen MR) is 79.2 cm³/mol. The molecule has 1 aromatic carbocycles. The van der Waals surface area contributed by atoms with Crippen molar-refractivity contribution in [3.8, 4) is 11.3 Å². The Morgan fingerprint density at radius 1 is 1.42 bits per heavy atom. The van der Waals surface area contributed by atoms with Crippen LogP contribution in [0.5, 0.6) is 0 Å². The Morgan fingerprint density at radius 2 is 2.21 bits per heavy atom. The molecule has 0 fully saturated rings. The summed E-state index contributed by atoms with van der Waals surface area (Å²) in [5.41, 5.74) is 9.75. The monoisotopic (exact) mass is 278 g/mol. The third kappa shape index (κ3) is 3.35. The van der Waals surface area contributed by atoms with E-state index in [0.29, 0.717) is 6.54 Å². The molecule has 0 saturated heterocycles. The maximum atomic E-state index is 6.27. The molecule has 4 nitrogen and oxygen atoms in total. The lowest BCUT2D eigenvalue weighted by molar-refractivity contribution is 0.337. The third-order valence-corrected chi connectivity index (χ3v) is 3.38. The lowest BCUT2D eigenvalue weighted by Gasteiger charge is -2.15. The number of nitrogens with two attached hydrogens (primary N) is 1. The van der Waals surface area contributed by atoms with E-state index in [-0.39, 0.29) is 0 Å². The molecule has 0 bridgehead atoms. The molecule has 3 N–H and O–H groups in total. The van der Waals surface area contributed by atoms with Crippen LogP contribution in [-0.4, -0.2) is 35.2 Å². The van der Waals surface area contributed by atoms with Gasteiger partial charge in [-0.1, -0.05) is 23.2 Å². The van der Waals surface area contributed by atoms with Gasteiger partial charge in [-0.3, -0.25) is 5.10 Å². The van der Waals surface area contributed by atoms with E-state index in [1.807, 2.05) is 32.3 Å². The van der Waals surface area contributed by atoms with Crippen molar-refractivity contribution in [2.45, 2.75) is 13.5 Å². The van der Waals surface area contributed by atoms with Gasteiger partial charge in [0.1, 0.15) is 0 Å². The number of H-pyrrole nitrogens is 1. The number of aryl methyl sites for hydroxylation is 1. The van der Waals surface area contributed by atoms with E-state index in [1.165, 1.54) is 5.56 Å². The highest BCUT2D eigenvalue weighted by atomic mass is 35.5. The zero-order chi connectivity index (χ0) is 13.8.